The highest BCUT2D eigenvalue weighted by Crippen LogP contribution is 2.62. The van der Waals surface area contributed by atoms with Gasteiger partial charge in [-0.05, 0) is 25.0 Å². The van der Waals surface area contributed by atoms with Crippen molar-refractivity contribution < 1.29 is 18.3 Å². The molecule has 1 atom stereocenters. The molecule has 7 heteroatoms. The molecule has 0 spiro atoms. The Morgan fingerprint density at radius 2 is 1.59 bits per heavy atom. The number of ether oxygens (including phenoxy) is 1. The fraction of sp³-hybridized carbons (Fsp3) is 0.227. The van der Waals surface area contributed by atoms with Crippen LogP contribution in [0.5, 0.6) is 0 Å². The van der Waals surface area contributed by atoms with Gasteiger partial charge in [-0.2, -0.15) is 5.26 Å². The van der Waals surface area contributed by atoms with Crippen molar-refractivity contribution in [1.82, 2.24) is 0 Å². The average Bonchev–Trinajstić information content (AvgIpc) is 2.74. The zero-order valence-electron chi connectivity index (χ0n) is 16.4. The molecule has 150 valence electrons. The van der Waals surface area contributed by atoms with Gasteiger partial charge in [0.1, 0.15) is 11.6 Å². The van der Waals surface area contributed by atoms with E-state index in [2.05, 4.69) is 6.07 Å². The summed E-state index contributed by atoms with van der Waals surface area (Å²) in [6, 6.07) is 20.9. The zero-order valence-corrected chi connectivity index (χ0v) is 17.3. The van der Waals surface area contributed by atoms with Crippen LogP contribution in [0.2, 0.25) is 0 Å². The van der Waals surface area contributed by atoms with E-state index in [0.29, 0.717) is 5.57 Å². The molecule has 0 radical (unpaired) electrons. The Bertz CT molecular complexity index is 1000. The van der Waals surface area contributed by atoms with Gasteiger partial charge < -0.3 is 19.5 Å². The molecule has 2 aromatic rings. The molecular formula is C22H23N2O4P. The molecule has 0 fully saturated rings. The fourth-order valence-corrected chi connectivity index (χ4v) is 5.08. The van der Waals surface area contributed by atoms with Crippen LogP contribution in [0.1, 0.15) is 30.9 Å². The maximum atomic E-state index is 13.7. The van der Waals surface area contributed by atoms with Crippen molar-refractivity contribution in [3.8, 4) is 6.07 Å². The standard InChI is InChI=1S/C22H23N2O4P/c1-3-26-29(25,27-4-2)22-20(17-13-9-6-10-14-17)19(16-11-7-5-8-12-16)18(15-23)21(24)28-22/h5-14,19H,3-4,24H2,1-2H3. The lowest BCUT2D eigenvalue weighted by Crippen LogP contribution is -2.21. The van der Waals surface area contributed by atoms with Crippen LogP contribution in [-0.4, -0.2) is 13.2 Å². The van der Waals surface area contributed by atoms with Gasteiger partial charge in [0.2, 0.25) is 11.4 Å². The molecule has 2 N–H and O–H groups in total. The van der Waals surface area contributed by atoms with E-state index in [1.54, 1.807) is 13.8 Å². The second-order valence-corrected chi connectivity index (χ2v) is 8.17. The maximum absolute atomic E-state index is 13.7. The largest absolute Gasteiger partial charge is 0.432 e. The molecule has 0 bridgehead atoms. The summed E-state index contributed by atoms with van der Waals surface area (Å²) in [4.78, 5) is 0. The molecule has 6 nitrogen and oxygen atoms in total. The van der Waals surface area contributed by atoms with Gasteiger partial charge in [0.05, 0.1) is 19.1 Å². The lowest BCUT2D eigenvalue weighted by Gasteiger charge is -2.32. The van der Waals surface area contributed by atoms with Gasteiger partial charge in [-0.15, -0.1) is 0 Å². The highest BCUT2D eigenvalue weighted by molar-refractivity contribution is 7.58. The van der Waals surface area contributed by atoms with Crippen molar-refractivity contribution >= 4 is 13.2 Å². The van der Waals surface area contributed by atoms with Crippen LogP contribution < -0.4 is 5.73 Å². The SMILES string of the molecule is CCOP(=O)(OCC)C1=C(c2ccccc2)C(c2ccccc2)C(C#N)=C(N)O1. The first-order chi connectivity index (χ1) is 14.1. The molecule has 0 amide bonds. The minimum atomic E-state index is -3.81. The Labute approximate surface area is 170 Å². The van der Waals surface area contributed by atoms with E-state index >= 15 is 0 Å². The van der Waals surface area contributed by atoms with Crippen molar-refractivity contribution in [3.05, 3.63) is 88.7 Å². The highest BCUT2D eigenvalue weighted by Gasteiger charge is 2.43. The van der Waals surface area contributed by atoms with Crippen LogP contribution in [0.25, 0.3) is 5.57 Å². The van der Waals surface area contributed by atoms with Gasteiger partial charge in [0, 0.05) is 5.57 Å². The number of hydrogen-bond acceptors (Lipinski definition) is 6. The first kappa shape index (κ1) is 20.9. The second-order valence-electron chi connectivity index (χ2n) is 6.25. The molecule has 1 unspecified atom stereocenters. The van der Waals surface area contributed by atoms with Gasteiger partial charge in [0.15, 0.2) is 0 Å². The topological polar surface area (TPSA) is 94.6 Å². The summed E-state index contributed by atoms with van der Waals surface area (Å²) >= 11 is 0. The smallest absolute Gasteiger partial charge is 0.396 e. The van der Waals surface area contributed by atoms with E-state index in [1.165, 1.54) is 0 Å². The van der Waals surface area contributed by atoms with Crippen LogP contribution in [0.3, 0.4) is 0 Å². The summed E-state index contributed by atoms with van der Waals surface area (Å²) in [5, 5.41) is 9.83. The summed E-state index contributed by atoms with van der Waals surface area (Å²) in [5.74, 6) is -0.669. The second kappa shape index (κ2) is 9.11. The van der Waals surface area contributed by atoms with E-state index in [1.807, 2.05) is 60.7 Å². The Morgan fingerprint density at radius 1 is 1.03 bits per heavy atom. The number of nitriles is 1. The van der Waals surface area contributed by atoms with Gasteiger partial charge in [-0.25, -0.2) is 0 Å². The normalized spacial score (nSPS) is 17.1. The van der Waals surface area contributed by atoms with Gasteiger partial charge in [-0.1, -0.05) is 60.7 Å². The number of hydrogen-bond donors (Lipinski definition) is 1. The molecule has 2 aromatic carbocycles. The first-order valence-corrected chi connectivity index (χ1v) is 10.9. The van der Waals surface area contributed by atoms with Crippen LogP contribution in [0.4, 0.5) is 0 Å². The van der Waals surface area contributed by atoms with Gasteiger partial charge >= 0.3 is 7.60 Å². The molecule has 0 aliphatic carbocycles. The number of allylic oxidation sites excluding steroid dienone is 2. The van der Waals surface area contributed by atoms with Crippen molar-refractivity contribution in [2.24, 2.45) is 5.73 Å². The third kappa shape index (κ3) is 4.13. The Morgan fingerprint density at radius 3 is 2.10 bits per heavy atom. The monoisotopic (exact) mass is 410 g/mol. The predicted molar refractivity (Wildman–Crippen MR) is 111 cm³/mol. The van der Waals surface area contributed by atoms with Crippen molar-refractivity contribution in [1.29, 1.82) is 5.26 Å². The molecule has 0 aromatic heterocycles. The highest BCUT2D eigenvalue weighted by atomic mass is 31.2. The third-order valence-corrected chi connectivity index (χ3v) is 6.49. The maximum Gasteiger partial charge on any atom is 0.396 e. The van der Waals surface area contributed by atoms with Crippen LogP contribution in [0, 0.1) is 11.3 Å². The third-order valence-electron chi connectivity index (χ3n) is 4.46. The predicted octanol–water partition coefficient (Wildman–Crippen LogP) is 5.13. The zero-order chi connectivity index (χ0) is 20.9. The molecule has 29 heavy (non-hydrogen) atoms. The molecule has 0 saturated heterocycles. The van der Waals surface area contributed by atoms with Crippen LogP contribution in [-0.2, 0) is 18.3 Å². The molecule has 0 saturated carbocycles. The minimum absolute atomic E-state index is 0.0257. The molecular weight excluding hydrogens is 387 g/mol. The fourth-order valence-electron chi connectivity index (χ4n) is 3.33. The lowest BCUT2D eigenvalue weighted by atomic mass is 9.81. The summed E-state index contributed by atoms with van der Waals surface area (Å²) in [7, 11) is -3.81. The minimum Gasteiger partial charge on any atom is -0.432 e. The first-order valence-electron chi connectivity index (χ1n) is 9.37. The van der Waals surface area contributed by atoms with E-state index in [0.717, 1.165) is 11.1 Å². The van der Waals surface area contributed by atoms with E-state index < -0.39 is 13.5 Å². The lowest BCUT2D eigenvalue weighted by molar-refractivity contribution is 0.199. The molecule has 3 rings (SSSR count). The van der Waals surface area contributed by atoms with Gasteiger partial charge in [0.25, 0.3) is 0 Å². The van der Waals surface area contributed by atoms with Crippen molar-refractivity contribution in [3.63, 3.8) is 0 Å². The molecule has 1 heterocycles. The number of rotatable bonds is 7. The average molecular weight is 410 g/mol. The number of benzene rings is 2. The summed E-state index contributed by atoms with van der Waals surface area (Å²) in [6.45, 7) is 3.78. The molecule has 1 aliphatic rings. The van der Waals surface area contributed by atoms with Crippen molar-refractivity contribution in [2.45, 2.75) is 19.8 Å². The van der Waals surface area contributed by atoms with Crippen LogP contribution >= 0.6 is 7.60 Å². The Hall–Kier alpha value is -2.84. The summed E-state index contributed by atoms with van der Waals surface area (Å²) in [5.41, 5.74) is 8.50. The van der Waals surface area contributed by atoms with E-state index in [-0.39, 0.29) is 30.2 Å². The number of nitrogens with two attached hydrogens (primary N) is 1. The summed E-state index contributed by atoms with van der Waals surface area (Å²) in [6.07, 6.45) is 0. The molecule has 1 aliphatic heterocycles. The van der Waals surface area contributed by atoms with Gasteiger partial charge in [-0.3, -0.25) is 4.57 Å². The summed E-state index contributed by atoms with van der Waals surface area (Å²) < 4.78 is 30.6. The van der Waals surface area contributed by atoms with E-state index in [4.69, 9.17) is 19.5 Å². The number of nitrogens with zero attached hydrogens (tertiary/aromatic N) is 1. The Balaban J connectivity index is 2.35. The van der Waals surface area contributed by atoms with Crippen LogP contribution in [0.15, 0.2) is 77.6 Å². The van der Waals surface area contributed by atoms with Crippen molar-refractivity contribution in [2.75, 3.05) is 13.2 Å². The van der Waals surface area contributed by atoms with E-state index in [9.17, 15) is 9.83 Å². The quantitative estimate of drug-likeness (QED) is 0.636. The Kier molecular flexibility index (Phi) is 6.56.